The Hall–Kier alpha value is -3.15. The molecule has 0 saturated carbocycles. The third-order valence-corrected chi connectivity index (χ3v) is 3.66. The average Bonchev–Trinajstić information content (AvgIpc) is 2.58. The third kappa shape index (κ3) is 5.44. The summed E-state index contributed by atoms with van der Waals surface area (Å²) in [5.41, 5.74) is 3.63. The van der Waals surface area contributed by atoms with Crippen molar-refractivity contribution in [2.45, 2.75) is 27.2 Å². The van der Waals surface area contributed by atoms with E-state index < -0.39 is 17.8 Å². The van der Waals surface area contributed by atoms with Crippen LogP contribution in [0.5, 0.6) is 0 Å². The Morgan fingerprint density at radius 3 is 2.19 bits per heavy atom. The molecule has 0 saturated heterocycles. The first-order chi connectivity index (χ1) is 12.4. The summed E-state index contributed by atoms with van der Waals surface area (Å²) in [5, 5.41) is 5.36. The molecule has 6 nitrogen and oxygen atoms in total. The zero-order valence-corrected chi connectivity index (χ0v) is 15.1. The maximum absolute atomic E-state index is 12.0. The predicted molar refractivity (Wildman–Crippen MR) is 100 cm³/mol. The minimum Gasteiger partial charge on any atom is -0.462 e. The van der Waals surface area contributed by atoms with E-state index in [9.17, 15) is 14.4 Å². The van der Waals surface area contributed by atoms with Crippen molar-refractivity contribution in [3.8, 4) is 0 Å². The first-order valence-electron chi connectivity index (χ1n) is 8.33. The summed E-state index contributed by atoms with van der Waals surface area (Å²) in [6.45, 7) is 5.90. The van der Waals surface area contributed by atoms with Crippen LogP contribution in [0.4, 0.5) is 11.4 Å². The van der Waals surface area contributed by atoms with Crippen molar-refractivity contribution in [2.75, 3.05) is 17.2 Å². The van der Waals surface area contributed by atoms with Crippen LogP contribution in [0.3, 0.4) is 0 Å². The number of rotatable bonds is 6. The number of ether oxygens (including phenoxy) is 1. The number of anilines is 2. The van der Waals surface area contributed by atoms with E-state index in [4.69, 9.17) is 4.74 Å². The van der Waals surface area contributed by atoms with Crippen molar-refractivity contribution in [1.29, 1.82) is 0 Å². The maximum atomic E-state index is 12.0. The number of aryl methyl sites for hydroxylation is 2. The fourth-order valence-electron chi connectivity index (χ4n) is 2.40. The van der Waals surface area contributed by atoms with Crippen LogP contribution in [0.1, 0.15) is 34.8 Å². The largest absolute Gasteiger partial charge is 0.462 e. The van der Waals surface area contributed by atoms with Gasteiger partial charge in [-0.25, -0.2) is 4.79 Å². The molecule has 0 aromatic heterocycles. The molecule has 2 rings (SSSR count). The smallest absolute Gasteiger partial charge is 0.338 e. The third-order valence-electron chi connectivity index (χ3n) is 3.66. The average molecular weight is 354 g/mol. The molecule has 0 fully saturated rings. The number of benzene rings is 2. The van der Waals surface area contributed by atoms with Crippen LogP contribution in [-0.4, -0.2) is 24.4 Å². The number of hydrogen-bond donors (Lipinski definition) is 2. The van der Waals surface area contributed by atoms with Crippen LogP contribution >= 0.6 is 0 Å². The van der Waals surface area contributed by atoms with Gasteiger partial charge < -0.3 is 15.4 Å². The van der Waals surface area contributed by atoms with E-state index in [2.05, 4.69) is 10.6 Å². The normalized spacial score (nSPS) is 10.1. The molecule has 2 amide bonds. The van der Waals surface area contributed by atoms with Crippen molar-refractivity contribution in [2.24, 2.45) is 0 Å². The lowest BCUT2D eigenvalue weighted by Gasteiger charge is -2.10. The van der Waals surface area contributed by atoms with E-state index in [-0.39, 0.29) is 6.42 Å². The van der Waals surface area contributed by atoms with Gasteiger partial charge in [0.25, 0.3) is 0 Å². The van der Waals surface area contributed by atoms with Crippen LogP contribution in [0.25, 0.3) is 0 Å². The van der Waals surface area contributed by atoms with Gasteiger partial charge >= 0.3 is 5.97 Å². The van der Waals surface area contributed by atoms with Crippen molar-refractivity contribution < 1.29 is 19.1 Å². The molecule has 0 heterocycles. The van der Waals surface area contributed by atoms with Gasteiger partial charge in [0.15, 0.2) is 0 Å². The Balaban J connectivity index is 1.89. The molecule has 0 aliphatic carbocycles. The van der Waals surface area contributed by atoms with Crippen molar-refractivity contribution in [3.05, 3.63) is 59.2 Å². The number of esters is 1. The van der Waals surface area contributed by atoms with Crippen LogP contribution in [0.2, 0.25) is 0 Å². The monoisotopic (exact) mass is 354 g/mol. The molecule has 6 heteroatoms. The fraction of sp³-hybridized carbons (Fsp3) is 0.250. The second-order valence-corrected chi connectivity index (χ2v) is 5.89. The van der Waals surface area contributed by atoms with Crippen molar-refractivity contribution in [1.82, 2.24) is 0 Å². The predicted octanol–water partition coefficient (Wildman–Crippen LogP) is 3.45. The molecule has 0 bridgehead atoms. The van der Waals surface area contributed by atoms with Gasteiger partial charge in [-0.05, 0) is 56.7 Å². The summed E-state index contributed by atoms with van der Waals surface area (Å²) < 4.78 is 4.90. The highest BCUT2D eigenvalue weighted by Crippen LogP contribution is 2.16. The first-order valence-corrected chi connectivity index (χ1v) is 8.33. The molecule has 2 aromatic rings. The molecule has 0 spiro atoms. The van der Waals surface area contributed by atoms with Crippen molar-refractivity contribution >= 4 is 29.2 Å². The molecule has 2 N–H and O–H groups in total. The standard InChI is InChI=1S/C20H22N2O4/c1-4-26-20(25)15-6-8-16(9-7-15)21-18(23)12-19(24)22-17-10-5-13(2)11-14(17)3/h5-11H,4,12H2,1-3H3,(H,21,23)(H,22,24). The van der Waals surface area contributed by atoms with E-state index in [0.29, 0.717) is 23.5 Å². The molecular weight excluding hydrogens is 332 g/mol. The second kappa shape index (κ2) is 8.80. The molecule has 136 valence electrons. The Kier molecular flexibility index (Phi) is 6.49. The van der Waals surface area contributed by atoms with Crippen LogP contribution in [-0.2, 0) is 14.3 Å². The Bertz CT molecular complexity index is 813. The van der Waals surface area contributed by atoms with Gasteiger partial charge in [0, 0.05) is 11.4 Å². The van der Waals surface area contributed by atoms with E-state index in [1.165, 1.54) is 0 Å². The van der Waals surface area contributed by atoms with Gasteiger partial charge in [0.1, 0.15) is 6.42 Å². The van der Waals surface area contributed by atoms with Gasteiger partial charge in [-0.1, -0.05) is 17.7 Å². The lowest BCUT2D eigenvalue weighted by Crippen LogP contribution is -2.21. The molecule has 0 aliphatic rings. The van der Waals surface area contributed by atoms with E-state index in [0.717, 1.165) is 11.1 Å². The van der Waals surface area contributed by atoms with Gasteiger partial charge in [-0.2, -0.15) is 0 Å². The zero-order valence-electron chi connectivity index (χ0n) is 15.1. The lowest BCUT2D eigenvalue weighted by atomic mass is 10.1. The molecule has 0 radical (unpaired) electrons. The highest BCUT2D eigenvalue weighted by atomic mass is 16.5. The first kappa shape index (κ1) is 19.2. The Morgan fingerprint density at radius 1 is 0.923 bits per heavy atom. The van der Waals surface area contributed by atoms with E-state index in [1.807, 2.05) is 32.0 Å². The second-order valence-electron chi connectivity index (χ2n) is 5.89. The Labute approximate surface area is 152 Å². The van der Waals surface area contributed by atoms with Crippen LogP contribution < -0.4 is 10.6 Å². The molecule has 26 heavy (non-hydrogen) atoms. The van der Waals surface area contributed by atoms with Gasteiger partial charge in [0.05, 0.1) is 12.2 Å². The molecule has 2 aromatic carbocycles. The number of carbonyl (C=O) groups is 3. The minimum atomic E-state index is -0.434. The highest BCUT2D eigenvalue weighted by molar-refractivity contribution is 6.08. The van der Waals surface area contributed by atoms with Crippen molar-refractivity contribution in [3.63, 3.8) is 0 Å². The number of hydrogen-bond acceptors (Lipinski definition) is 4. The molecule has 0 aliphatic heterocycles. The van der Waals surface area contributed by atoms with E-state index in [1.54, 1.807) is 31.2 Å². The maximum Gasteiger partial charge on any atom is 0.338 e. The molecule has 0 unspecified atom stereocenters. The van der Waals surface area contributed by atoms with E-state index >= 15 is 0 Å². The van der Waals surface area contributed by atoms with Crippen LogP contribution in [0, 0.1) is 13.8 Å². The SMILES string of the molecule is CCOC(=O)c1ccc(NC(=O)CC(=O)Nc2ccc(C)cc2C)cc1. The number of carbonyl (C=O) groups excluding carboxylic acids is 3. The number of amides is 2. The van der Waals surface area contributed by atoms with Gasteiger partial charge in [-0.3, -0.25) is 9.59 Å². The Morgan fingerprint density at radius 2 is 1.58 bits per heavy atom. The molecule has 0 atom stereocenters. The fourth-order valence-corrected chi connectivity index (χ4v) is 2.40. The summed E-state index contributed by atoms with van der Waals surface area (Å²) in [6.07, 6.45) is -0.299. The quantitative estimate of drug-likeness (QED) is 0.615. The summed E-state index contributed by atoms with van der Waals surface area (Å²) in [4.78, 5) is 35.6. The summed E-state index contributed by atoms with van der Waals surface area (Å²) in [5.74, 6) is -1.24. The molecular formula is C20H22N2O4. The van der Waals surface area contributed by atoms with Gasteiger partial charge in [0.2, 0.25) is 11.8 Å². The zero-order chi connectivity index (χ0) is 19.1. The minimum absolute atomic E-state index is 0.299. The summed E-state index contributed by atoms with van der Waals surface area (Å²) in [6, 6.07) is 12.0. The lowest BCUT2D eigenvalue weighted by molar-refractivity contribution is -0.123. The van der Waals surface area contributed by atoms with Gasteiger partial charge in [-0.15, -0.1) is 0 Å². The summed E-state index contributed by atoms with van der Waals surface area (Å²) >= 11 is 0. The summed E-state index contributed by atoms with van der Waals surface area (Å²) in [7, 11) is 0. The number of nitrogens with one attached hydrogen (secondary N) is 2. The topological polar surface area (TPSA) is 84.5 Å². The highest BCUT2D eigenvalue weighted by Gasteiger charge is 2.12. The van der Waals surface area contributed by atoms with Crippen LogP contribution in [0.15, 0.2) is 42.5 Å².